The van der Waals surface area contributed by atoms with Gasteiger partial charge in [-0.15, -0.1) is 11.3 Å². The Morgan fingerprint density at radius 2 is 2.10 bits per heavy atom. The standard InChI is InChI=1S/C16H23NO2S/c1-12-10-14(20-13(12)8-6-7-9-18)15(19)17(5)11-16(2,3)4/h10,18H,7,9,11H2,1-5H3. The van der Waals surface area contributed by atoms with Crippen molar-refractivity contribution < 1.29 is 9.90 Å². The number of nitrogens with zero attached hydrogens (tertiary/aromatic N) is 1. The molecule has 1 N–H and O–H groups in total. The van der Waals surface area contributed by atoms with Crippen LogP contribution in [0.3, 0.4) is 0 Å². The second-order valence-corrected chi connectivity index (χ2v) is 7.17. The minimum Gasteiger partial charge on any atom is -0.395 e. The van der Waals surface area contributed by atoms with E-state index in [1.165, 1.54) is 11.3 Å². The summed E-state index contributed by atoms with van der Waals surface area (Å²) in [5, 5.41) is 8.73. The lowest BCUT2D eigenvalue weighted by Gasteiger charge is -2.26. The lowest BCUT2D eigenvalue weighted by molar-refractivity contribution is 0.0750. The number of hydrogen-bond acceptors (Lipinski definition) is 3. The van der Waals surface area contributed by atoms with Crippen LogP contribution in [0.25, 0.3) is 0 Å². The number of aliphatic hydroxyl groups excluding tert-OH is 1. The predicted octanol–water partition coefficient (Wildman–Crippen LogP) is 2.91. The molecule has 0 saturated heterocycles. The van der Waals surface area contributed by atoms with Gasteiger partial charge < -0.3 is 10.0 Å². The highest BCUT2D eigenvalue weighted by molar-refractivity contribution is 7.14. The molecule has 0 spiro atoms. The molecular formula is C16H23NO2S. The van der Waals surface area contributed by atoms with Crippen molar-refractivity contribution in [2.24, 2.45) is 5.41 Å². The highest BCUT2D eigenvalue weighted by Gasteiger charge is 2.20. The molecule has 0 aliphatic rings. The van der Waals surface area contributed by atoms with Gasteiger partial charge in [0, 0.05) is 20.0 Å². The molecule has 0 radical (unpaired) electrons. The molecule has 0 saturated carbocycles. The quantitative estimate of drug-likeness (QED) is 0.871. The summed E-state index contributed by atoms with van der Waals surface area (Å²) in [6.45, 7) is 9.08. The normalized spacial score (nSPS) is 10.9. The molecule has 0 aliphatic heterocycles. The van der Waals surface area contributed by atoms with Crippen molar-refractivity contribution in [3.63, 3.8) is 0 Å². The van der Waals surface area contributed by atoms with Gasteiger partial charge in [0.25, 0.3) is 5.91 Å². The van der Waals surface area contributed by atoms with Crippen molar-refractivity contribution in [2.45, 2.75) is 34.1 Å². The van der Waals surface area contributed by atoms with Gasteiger partial charge in [0.2, 0.25) is 0 Å². The molecule has 0 atom stereocenters. The van der Waals surface area contributed by atoms with Crippen LogP contribution in [0.4, 0.5) is 0 Å². The van der Waals surface area contributed by atoms with Crippen LogP contribution in [-0.2, 0) is 0 Å². The Balaban J connectivity index is 2.85. The SMILES string of the molecule is Cc1cc(C(=O)N(C)CC(C)(C)C)sc1C#CCCO. The molecule has 4 heteroatoms. The first-order valence-electron chi connectivity index (χ1n) is 6.70. The number of amides is 1. The molecule has 110 valence electrons. The first-order valence-corrected chi connectivity index (χ1v) is 7.52. The fourth-order valence-electron chi connectivity index (χ4n) is 1.88. The molecule has 20 heavy (non-hydrogen) atoms. The molecule has 0 bridgehead atoms. The molecule has 0 aliphatic carbocycles. The summed E-state index contributed by atoms with van der Waals surface area (Å²) in [5.41, 5.74) is 1.11. The van der Waals surface area contributed by atoms with Crippen molar-refractivity contribution in [3.8, 4) is 11.8 Å². The zero-order valence-corrected chi connectivity index (χ0v) is 13.7. The number of hydrogen-bond donors (Lipinski definition) is 1. The second kappa shape index (κ2) is 6.92. The first-order chi connectivity index (χ1) is 9.24. The van der Waals surface area contributed by atoms with E-state index in [1.54, 1.807) is 4.90 Å². The number of carbonyl (C=O) groups excluding carboxylic acids is 1. The fourth-order valence-corrected chi connectivity index (χ4v) is 2.92. The van der Waals surface area contributed by atoms with Crippen LogP contribution >= 0.6 is 11.3 Å². The maximum absolute atomic E-state index is 12.4. The Bertz CT molecular complexity index is 529. The van der Waals surface area contributed by atoms with Gasteiger partial charge in [0.1, 0.15) is 0 Å². The lowest BCUT2D eigenvalue weighted by Crippen LogP contribution is -2.34. The summed E-state index contributed by atoms with van der Waals surface area (Å²) in [5.74, 6) is 5.96. The minimum absolute atomic E-state index is 0.0447. The summed E-state index contributed by atoms with van der Waals surface area (Å²) in [4.78, 5) is 15.8. The number of rotatable bonds is 3. The zero-order chi connectivity index (χ0) is 15.3. The summed E-state index contributed by atoms with van der Waals surface area (Å²) >= 11 is 1.43. The number of thiophene rings is 1. The van der Waals surface area contributed by atoms with Crippen LogP contribution in [0, 0.1) is 24.2 Å². The topological polar surface area (TPSA) is 40.5 Å². The van der Waals surface area contributed by atoms with E-state index >= 15 is 0 Å². The van der Waals surface area contributed by atoms with Crippen molar-refractivity contribution in [1.82, 2.24) is 4.90 Å². The van der Waals surface area contributed by atoms with Crippen LogP contribution in [0.5, 0.6) is 0 Å². The first kappa shape index (κ1) is 16.7. The van der Waals surface area contributed by atoms with Gasteiger partial charge in [0.05, 0.1) is 16.4 Å². The van der Waals surface area contributed by atoms with Gasteiger partial charge in [0.15, 0.2) is 0 Å². The Morgan fingerprint density at radius 1 is 1.45 bits per heavy atom. The maximum Gasteiger partial charge on any atom is 0.263 e. The zero-order valence-electron chi connectivity index (χ0n) is 12.9. The van der Waals surface area contributed by atoms with E-state index in [9.17, 15) is 4.79 Å². The number of aryl methyl sites for hydroxylation is 1. The molecule has 3 nitrogen and oxygen atoms in total. The van der Waals surface area contributed by atoms with Crippen molar-refractivity contribution in [3.05, 3.63) is 21.4 Å². The van der Waals surface area contributed by atoms with E-state index in [2.05, 4.69) is 32.6 Å². The highest BCUT2D eigenvalue weighted by atomic mass is 32.1. The Morgan fingerprint density at radius 3 is 2.65 bits per heavy atom. The molecule has 1 heterocycles. The van der Waals surface area contributed by atoms with Crippen molar-refractivity contribution in [2.75, 3.05) is 20.2 Å². The molecule has 0 unspecified atom stereocenters. The summed E-state index contributed by atoms with van der Waals surface area (Å²) in [7, 11) is 1.83. The van der Waals surface area contributed by atoms with Crippen molar-refractivity contribution in [1.29, 1.82) is 0 Å². The van der Waals surface area contributed by atoms with E-state index < -0.39 is 0 Å². The number of aliphatic hydroxyl groups is 1. The third kappa shape index (κ3) is 4.99. The van der Waals surface area contributed by atoms with Crippen LogP contribution in [0.1, 0.15) is 47.3 Å². The van der Waals surface area contributed by atoms with E-state index in [0.29, 0.717) is 13.0 Å². The maximum atomic E-state index is 12.4. The van der Waals surface area contributed by atoms with Crippen LogP contribution in [0.2, 0.25) is 0 Å². The Kier molecular flexibility index (Phi) is 5.79. The molecule has 1 rings (SSSR count). The smallest absolute Gasteiger partial charge is 0.263 e. The predicted molar refractivity (Wildman–Crippen MR) is 84.1 cm³/mol. The van der Waals surface area contributed by atoms with Gasteiger partial charge in [-0.1, -0.05) is 32.6 Å². The monoisotopic (exact) mass is 293 g/mol. The molecule has 1 amide bonds. The third-order valence-electron chi connectivity index (χ3n) is 2.63. The largest absolute Gasteiger partial charge is 0.395 e. The average Bonchev–Trinajstić information content (AvgIpc) is 2.68. The van der Waals surface area contributed by atoms with Gasteiger partial charge in [-0.2, -0.15) is 0 Å². The van der Waals surface area contributed by atoms with Gasteiger partial charge in [-0.3, -0.25) is 4.79 Å². The minimum atomic E-state index is 0.0447. The van der Waals surface area contributed by atoms with Crippen LogP contribution in [0.15, 0.2) is 6.07 Å². The van der Waals surface area contributed by atoms with E-state index in [4.69, 9.17) is 5.11 Å². The summed E-state index contributed by atoms with van der Waals surface area (Å²) in [6.07, 6.45) is 0.463. The van der Waals surface area contributed by atoms with Gasteiger partial charge in [-0.05, 0) is 24.0 Å². The summed E-state index contributed by atoms with van der Waals surface area (Å²) < 4.78 is 0. The molecular weight excluding hydrogens is 270 g/mol. The highest BCUT2D eigenvalue weighted by Crippen LogP contribution is 2.23. The van der Waals surface area contributed by atoms with Gasteiger partial charge >= 0.3 is 0 Å². The van der Waals surface area contributed by atoms with Crippen LogP contribution < -0.4 is 0 Å². The molecule has 0 fully saturated rings. The van der Waals surface area contributed by atoms with Gasteiger partial charge in [-0.25, -0.2) is 0 Å². The molecule has 1 aromatic heterocycles. The summed E-state index contributed by atoms with van der Waals surface area (Å²) in [6, 6.07) is 1.90. The lowest BCUT2D eigenvalue weighted by atomic mass is 9.96. The van der Waals surface area contributed by atoms with Crippen molar-refractivity contribution >= 4 is 17.2 Å². The Hall–Kier alpha value is -1.31. The fraction of sp³-hybridized carbons (Fsp3) is 0.562. The second-order valence-electron chi connectivity index (χ2n) is 6.12. The molecule has 1 aromatic rings. The Labute approximate surface area is 125 Å². The van der Waals surface area contributed by atoms with Crippen LogP contribution in [-0.4, -0.2) is 36.1 Å². The third-order valence-corrected chi connectivity index (χ3v) is 3.77. The average molecular weight is 293 g/mol. The van der Waals surface area contributed by atoms with E-state index in [1.807, 2.05) is 20.0 Å². The van der Waals surface area contributed by atoms with E-state index in [0.717, 1.165) is 15.3 Å². The molecule has 0 aromatic carbocycles. The number of carbonyl (C=O) groups is 1. The van der Waals surface area contributed by atoms with E-state index in [-0.39, 0.29) is 17.9 Å².